The first-order valence-corrected chi connectivity index (χ1v) is 14.4. The van der Waals surface area contributed by atoms with Gasteiger partial charge in [0.15, 0.2) is 0 Å². The summed E-state index contributed by atoms with van der Waals surface area (Å²) in [6.45, 7) is 7.65. The van der Waals surface area contributed by atoms with E-state index in [4.69, 9.17) is 0 Å². The Balaban J connectivity index is 1.99. The summed E-state index contributed by atoms with van der Waals surface area (Å²) in [5.74, 6) is -0.709. The van der Waals surface area contributed by atoms with E-state index in [2.05, 4.69) is 10.6 Å². The van der Waals surface area contributed by atoms with Gasteiger partial charge in [-0.05, 0) is 49.7 Å². The Labute approximate surface area is 228 Å². The summed E-state index contributed by atoms with van der Waals surface area (Å²) in [7, 11) is 0. The Kier molecular flexibility index (Phi) is 10.1. The molecular weight excluding hydrogens is 476 g/mol. The summed E-state index contributed by atoms with van der Waals surface area (Å²) >= 11 is 0. The second-order valence-electron chi connectivity index (χ2n) is 10.9. The molecule has 1 saturated carbocycles. The molecule has 0 aromatic heterocycles. The molecule has 208 valence electrons. The quantitative estimate of drug-likeness (QED) is 0.267. The third-order valence-corrected chi connectivity index (χ3v) is 8.92. The molecule has 1 fully saturated rings. The van der Waals surface area contributed by atoms with Crippen molar-refractivity contribution in [3.05, 3.63) is 71.8 Å². The molecule has 1 aliphatic carbocycles. The molecule has 2 atom stereocenters. The molecule has 0 heterocycles. The number of amides is 2. The van der Waals surface area contributed by atoms with Gasteiger partial charge in [-0.15, -0.1) is 0 Å². The van der Waals surface area contributed by atoms with Crippen molar-refractivity contribution in [3.63, 3.8) is 0 Å². The van der Waals surface area contributed by atoms with Gasteiger partial charge in [-0.2, -0.15) is 0 Å². The molecule has 2 aromatic carbocycles. The van der Waals surface area contributed by atoms with Crippen LogP contribution >= 0.6 is 0 Å². The second-order valence-corrected chi connectivity index (χ2v) is 10.9. The summed E-state index contributed by atoms with van der Waals surface area (Å²) in [5, 5.41) is 29.3. The van der Waals surface area contributed by atoms with Gasteiger partial charge in [0.25, 0.3) is 0 Å². The molecule has 6 nitrogen and oxygen atoms in total. The van der Waals surface area contributed by atoms with Gasteiger partial charge in [-0.1, -0.05) is 108 Å². The molecular formula is C32H46N2O4. The standard InChI is InChI=1S/C32H46N2O4/c1-5-31(37,6-2)26(24-18-12-9-13-19-24)33-28(35)30(22-16-11-17-23-30)29(36)34-27(32(38,7-3)8-4)25-20-14-10-15-21-25/h9-10,12-15,18-21,26-27,37-38H,5-8,11,16-17,22-23H2,1-4H3,(H,33,35)(H,34,36)/t26-,27-/m1/s1. The molecule has 2 amide bonds. The molecule has 0 spiro atoms. The van der Waals surface area contributed by atoms with Crippen LogP contribution in [0.15, 0.2) is 60.7 Å². The minimum Gasteiger partial charge on any atom is -0.387 e. The highest BCUT2D eigenvalue weighted by Gasteiger charge is 2.50. The normalized spacial score (nSPS) is 17.3. The van der Waals surface area contributed by atoms with Crippen molar-refractivity contribution in [3.8, 4) is 0 Å². The second kappa shape index (κ2) is 12.9. The predicted molar refractivity (Wildman–Crippen MR) is 151 cm³/mol. The maximum atomic E-state index is 14.2. The molecule has 0 aliphatic heterocycles. The molecule has 38 heavy (non-hydrogen) atoms. The van der Waals surface area contributed by atoms with Gasteiger partial charge in [0.2, 0.25) is 11.8 Å². The SMILES string of the molecule is CCC(O)(CC)[C@H](NC(=O)C1(C(=O)N[C@H](c2ccccc2)C(O)(CC)CC)CCCCC1)c1ccccc1. The monoisotopic (exact) mass is 522 g/mol. The van der Waals surface area contributed by atoms with Crippen LogP contribution in [0, 0.1) is 5.41 Å². The fourth-order valence-electron chi connectivity index (χ4n) is 5.91. The first-order chi connectivity index (χ1) is 18.2. The molecule has 1 aliphatic rings. The Hall–Kier alpha value is -2.70. The summed E-state index contributed by atoms with van der Waals surface area (Å²) in [6.07, 6.45) is 5.19. The number of hydrogen-bond acceptors (Lipinski definition) is 4. The molecule has 2 aromatic rings. The van der Waals surface area contributed by atoms with Gasteiger partial charge in [-0.25, -0.2) is 0 Å². The zero-order valence-corrected chi connectivity index (χ0v) is 23.5. The topological polar surface area (TPSA) is 98.7 Å². The highest BCUT2D eigenvalue weighted by Crippen LogP contribution is 2.41. The summed E-state index contributed by atoms with van der Waals surface area (Å²) < 4.78 is 0. The van der Waals surface area contributed by atoms with Gasteiger partial charge in [-0.3, -0.25) is 9.59 Å². The van der Waals surface area contributed by atoms with Crippen molar-refractivity contribution in [2.45, 2.75) is 109 Å². The largest absolute Gasteiger partial charge is 0.387 e. The van der Waals surface area contributed by atoms with Crippen LogP contribution in [0.2, 0.25) is 0 Å². The van der Waals surface area contributed by atoms with Gasteiger partial charge >= 0.3 is 0 Å². The molecule has 6 heteroatoms. The minimum absolute atomic E-state index is 0.354. The predicted octanol–water partition coefficient (Wildman–Crippen LogP) is 5.75. The fourth-order valence-corrected chi connectivity index (χ4v) is 5.91. The van der Waals surface area contributed by atoms with Crippen LogP contribution in [0.4, 0.5) is 0 Å². The molecule has 4 N–H and O–H groups in total. The molecule has 0 bridgehead atoms. The lowest BCUT2D eigenvalue weighted by molar-refractivity contribution is -0.150. The third-order valence-electron chi connectivity index (χ3n) is 8.92. The van der Waals surface area contributed by atoms with Crippen molar-refractivity contribution in [1.82, 2.24) is 10.6 Å². The lowest BCUT2D eigenvalue weighted by Crippen LogP contribution is -2.58. The number of hydrogen-bond donors (Lipinski definition) is 4. The van der Waals surface area contributed by atoms with Crippen molar-refractivity contribution in [2.75, 3.05) is 0 Å². The lowest BCUT2D eigenvalue weighted by atomic mass is 9.71. The number of rotatable bonds is 12. The van der Waals surface area contributed by atoms with E-state index >= 15 is 0 Å². The van der Waals surface area contributed by atoms with Crippen molar-refractivity contribution < 1.29 is 19.8 Å². The number of nitrogens with one attached hydrogen (secondary N) is 2. The molecule has 3 rings (SSSR count). The number of aliphatic hydroxyl groups is 2. The smallest absolute Gasteiger partial charge is 0.236 e. The van der Waals surface area contributed by atoms with E-state index in [1.165, 1.54) is 0 Å². The minimum atomic E-state index is -1.27. The van der Waals surface area contributed by atoms with Crippen LogP contribution in [-0.2, 0) is 9.59 Å². The van der Waals surface area contributed by atoms with E-state index in [-0.39, 0.29) is 11.8 Å². The number of benzene rings is 2. The summed E-state index contributed by atoms with van der Waals surface area (Å²) in [5.41, 5.74) is -1.96. The van der Waals surface area contributed by atoms with Crippen LogP contribution < -0.4 is 10.6 Å². The van der Waals surface area contributed by atoms with Gasteiger partial charge < -0.3 is 20.8 Å². The number of carbonyl (C=O) groups excluding carboxylic acids is 2. The van der Waals surface area contributed by atoms with E-state index < -0.39 is 28.7 Å². The van der Waals surface area contributed by atoms with E-state index in [0.717, 1.165) is 30.4 Å². The lowest BCUT2D eigenvalue weighted by Gasteiger charge is -2.42. The van der Waals surface area contributed by atoms with Crippen LogP contribution in [0.1, 0.15) is 109 Å². The van der Waals surface area contributed by atoms with E-state index in [9.17, 15) is 19.8 Å². The Morgan fingerprint density at radius 1 is 0.684 bits per heavy atom. The van der Waals surface area contributed by atoms with Crippen LogP contribution in [0.3, 0.4) is 0 Å². The Morgan fingerprint density at radius 2 is 1.03 bits per heavy atom. The average molecular weight is 523 g/mol. The maximum Gasteiger partial charge on any atom is 0.236 e. The summed E-state index contributed by atoms with van der Waals surface area (Å²) in [4.78, 5) is 28.4. The molecule has 0 unspecified atom stereocenters. The van der Waals surface area contributed by atoms with Crippen molar-refractivity contribution in [1.29, 1.82) is 0 Å². The highest BCUT2D eigenvalue weighted by molar-refractivity contribution is 6.05. The zero-order valence-electron chi connectivity index (χ0n) is 23.5. The number of carbonyl (C=O) groups is 2. The summed E-state index contributed by atoms with van der Waals surface area (Å²) in [6, 6.07) is 17.7. The van der Waals surface area contributed by atoms with Crippen LogP contribution in [0.25, 0.3) is 0 Å². The third kappa shape index (κ3) is 6.13. The van der Waals surface area contributed by atoms with E-state index in [1.54, 1.807) is 0 Å². The highest BCUT2D eigenvalue weighted by atomic mass is 16.3. The van der Waals surface area contributed by atoms with E-state index in [1.807, 2.05) is 88.4 Å². The Morgan fingerprint density at radius 3 is 1.34 bits per heavy atom. The first-order valence-electron chi connectivity index (χ1n) is 14.4. The molecule has 0 radical (unpaired) electrons. The van der Waals surface area contributed by atoms with Gasteiger partial charge in [0.05, 0.1) is 23.3 Å². The first kappa shape index (κ1) is 29.9. The zero-order chi connectivity index (χ0) is 27.8. The van der Waals surface area contributed by atoms with Gasteiger partial charge in [0, 0.05) is 0 Å². The van der Waals surface area contributed by atoms with Crippen LogP contribution in [-0.4, -0.2) is 33.2 Å². The van der Waals surface area contributed by atoms with E-state index in [0.29, 0.717) is 38.5 Å². The van der Waals surface area contributed by atoms with Crippen molar-refractivity contribution in [2.24, 2.45) is 5.41 Å². The van der Waals surface area contributed by atoms with Crippen LogP contribution in [0.5, 0.6) is 0 Å². The molecule has 0 saturated heterocycles. The Bertz CT molecular complexity index is 948. The van der Waals surface area contributed by atoms with Gasteiger partial charge in [0.1, 0.15) is 5.41 Å². The maximum absolute atomic E-state index is 14.2. The van der Waals surface area contributed by atoms with Crippen molar-refractivity contribution >= 4 is 11.8 Å². The average Bonchev–Trinajstić information content (AvgIpc) is 2.98. The fraction of sp³-hybridized carbons (Fsp3) is 0.562.